The third-order valence-electron chi connectivity index (χ3n) is 4.00. The number of fused-ring (bicyclic) bond motifs is 1. The SMILES string of the molecule is Cc1cccnc1-n1c(C=Cc2ccccc2)nc2ccccc21.Cl. The van der Waals surface area contributed by atoms with Gasteiger partial charge in [-0.3, -0.25) is 4.57 Å². The molecule has 2 aromatic heterocycles. The minimum Gasteiger partial charge on any atom is -0.277 e. The Morgan fingerprint density at radius 3 is 2.40 bits per heavy atom. The Hall–Kier alpha value is -2.91. The first-order chi connectivity index (χ1) is 11.8. The smallest absolute Gasteiger partial charge is 0.141 e. The second kappa shape index (κ2) is 7.32. The number of imidazole rings is 1. The number of aryl methyl sites for hydroxylation is 1. The predicted octanol–water partition coefficient (Wildman–Crippen LogP) is 5.32. The molecule has 0 atom stereocenters. The van der Waals surface area contributed by atoms with Crippen LogP contribution < -0.4 is 0 Å². The van der Waals surface area contributed by atoms with E-state index in [2.05, 4.69) is 46.8 Å². The van der Waals surface area contributed by atoms with E-state index in [-0.39, 0.29) is 12.4 Å². The molecule has 0 aliphatic carbocycles. The molecule has 4 aromatic rings. The number of rotatable bonds is 3. The summed E-state index contributed by atoms with van der Waals surface area (Å²) in [6, 6.07) is 22.4. The number of halogens is 1. The molecule has 0 amide bonds. The number of hydrogen-bond acceptors (Lipinski definition) is 2. The Morgan fingerprint density at radius 2 is 1.60 bits per heavy atom. The van der Waals surface area contributed by atoms with Crippen LogP contribution in [0.25, 0.3) is 29.0 Å². The highest BCUT2D eigenvalue weighted by atomic mass is 35.5. The highest BCUT2D eigenvalue weighted by Crippen LogP contribution is 2.23. The summed E-state index contributed by atoms with van der Waals surface area (Å²) < 4.78 is 2.12. The van der Waals surface area contributed by atoms with E-state index in [1.165, 1.54) is 0 Å². The molecule has 0 fully saturated rings. The topological polar surface area (TPSA) is 30.7 Å². The summed E-state index contributed by atoms with van der Waals surface area (Å²) in [5.41, 5.74) is 4.30. The first-order valence-corrected chi connectivity index (χ1v) is 7.95. The van der Waals surface area contributed by atoms with Crippen LogP contribution in [0.4, 0.5) is 0 Å². The normalized spacial score (nSPS) is 10.9. The quantitative estimate of drug-likeness (QED) is 0.502. The van der Waals surface area contributed by atoms with Gasteiger partial charge in [0.1, 0.15) is 11.6 Å². The van der Waals surface area contributed by atoms with Crippen LogP contribution in [0.15, 0.2) is 72.9 Å². The van der Waals surface area contributed by atoms with Crippen LogP contribution in [0.2, 0.25) is 0 Å². The van der Waals surface area contributed by atoms with E-state index in [4.69, 9.17) is 4.98 Å². The first-order valence-electron chi connectivity index (χ1n) is 7.95. The minimum atomic E-state index is 0. The number of nitrogens with zero attached hydrogens (tertiary/aromatic N) is 3. The summed E-state index contributed by atoms with van der Waals surface area (Å²) in [5.74, 6) is 1.79. The van der Waals surface area contributed by atoms with Crippen molar-refractivity contribution in [2.45, 2.75) is 6.92 Å². The Labute approximate surface area is 153 Å². The van der Waals surface area contributed by atoms with Crippen molar-refractivity contribution in [1.29, 1.82) is 0 Å². The van der Waals surface area contributed by atoms with Gasteiger partial charge in [-0.2, -0.15) is 0 Å². The van der Waals surface area contributed by atoms with Crippen molar-refractivity contribution < 1.29 is 0 Å². The zero-order chi connectivity index (χ0) is 16.4. The number of para-hydroxylation sites is 2. The van der Waals surface area contributed by atoms with Gasteiger partial charge in [0, 0.05) is 6.20 Å². The van der Waals surface area contributed by atoms with E-state index in [0.29, 0.717) is 0 Å². The fraction of sp³-hybridized carbons (Fsp3) is 0.0476. The maximum Gasteiger partial charge on any atom is 0.141 e. The van der Waals surface area contributed by atoms with Gasteiger partial charge in [0.25, 0.3) is 0 Å². The lowest BCUT2D eigenvalue weighted by molar-refractivity contribution is 0.987. The second-order valence-electron chi connectivity index (χ2n) is 5.68. The zero-order valence-corrected chi connectivity index (χ0v) is 14.6. The molecule has 2 aromatic carbocycles. The van der Waals surface area contributed by atoms with Crippen molar-refractivity contribution in [3.8, 4) is 5.82 Å². The van der Waals surface area contributed by atoms with Crippen LogP contribution in [0.5, 0.6) is 0 Å². The van der Waals surface area contributed by atoms with Crippen molar-refractivity contribution >= 4 is 35.6 Å². The fourth-order valence-corrected chi connectivity index (χ4v) is 2.83. The lowest BCUT2D eigenvalue weighted by Crippen LogP contribution is -2.02. The third kappa shape index (κ3) is 3.32. The monoisotopic (exact) mass is 347 g/mol. The molecule has 4 heteroatoms. The summed E-state index contributed by atoms with van der Waals surface area (Å²) in [5, 5.41) is 0. The molecule has 0 spiro atoms. The maximum atomic E-state index is 4.78. The Bertz CT molecular complexity index is 1020. The molecule has 4 rings (SSSR count). The summed E-state index contributed by atoms with van der Waals surface area (Å²) >= 11 is 0. The molecule has 3 nitrogen and oxygen atoms in total. The van der Waals surface area contributed by atoms with Gasteiger partial charge in [0.05, 0.1) is 11.0 Å². The van der Waals surface area contributed by atoms with Gasteiger partial charge in [0.15, 0.2) is 0 Å². The van der Waals surface area contributed by atoms with E-state index in [1.807, 2.05) is 54.7 Å². The highest BCUT2D eigenvalue weighted by Gasteiger charge is 2.12. The van der Waals surface area contributed by atoms with Crippen molar-refractivity contribution in [2.24, 2.45) is 0 Å². The molecular weight excluding hydrogens is 330 g/mol. The molecule has 0 N–H and O–H groups in total. The Kier molecular flexibility index (Phi) is 4.96. The lowest BCUT2D eigenvalue weighted by atomic mass is 10.2. The average molecular weight is 348 g/mol. The van der Waals surface area contributed by atoms with E-state index < -0.39 is 0 Å². The molecule has 0 aliphatic rings. The summed E-state index contributed by atoms with van der Waals surface area (Å²) in [7, 11) is 0. The molecule has 2 heterocycles. The van der Waals surface area contributed by atoms with Gasteiger partial charge in [-0.1, -0.05) is 54.6 Å². The lowest BCUT2D eigenvalue weighted by Gasteiger charge is -2.08. The molecule has 0 aliphatic heterocycles. The standard InChI is InChI=1S/C21H17N3.ClH/c1-16-8-7-15-22-21(16)24-19-12-6-5-11-18(19)23-20(24)14-13-17-9-3-2-4-10-17;/h2-15H,1H3;1H. The van der Waals surface area contributed by atoms with Gasteiger partial charge in [-0.05, 0) is 42.3 Å². The molecule has 0 saturated heterocycles. The van der Waals surface area contributed by atoms with Crippen LogP contribution >= 0.6 is 12.4 Å². The molecule has 0 radical (unpaired) electrons. The fourth-order valence-electron chi connectivity index (χ4n) is 2.83. The first kappa shape index (κ1) is 16.9. The van der Waals surface area contributed by atoms with Gasteiger partial charge < -0.3 is 0 Å². The zero-order valence-electron chi connectivity index (χ0n) is 13.8. The largest absolute Gasteiger partial charge is 0.277 e. The second-order valence-corrected chi connectivity index (χ2v) is 5.68. The van der Waals surface area contributed by atoms with Crippen molar-refractivity contribution in [1.82, 2.24) is 14.5 Å². The molecule has 0 saturated carbocycles. The minimum absolute atomic E-state index is 0. The van der Waals surface area contributed by atoms with Crippen LogP contribution in [-0.2, 0) is 0 Å². The Balaban J connectivity index is 0.00000182. The molecule has 0 unspecified atom stereocenters. The third-order valence-corrected chi connectivity index (χ3v) is 4.00. The number of hydrogen-bond donors (Lipinski definition) is 0. The van der Waals surface area contributed by atoms with Gasteiger partial charge in [0.2, 0.25) is 0 Å². The molecule has 0 bridgehead atoms. The molecular formula is C21H18ClN3. The number of benzene rings is 2. The Morgan fingerprint density at radius 1 is 0.840 bits per heavy atom. The predicted molar refractivity (Wildman–Crippen MR) is 106 cm³/mol. The van der Waals surface area contributed by atoms with Crippen molar-refractivity contribution in [2.75, 3.05) is 0 Å². The number of aromatic nitrogens is 3. The van der Waals surface area contributed by atoms with Crippen molar-refractivity contribution in [3.05, 3.63) is 89.9 Å². The van der Waals surface area contributed by atoms with Crippen LogP contribution in [-0.4, -0.2) is 14.5 Å². The molecule has 124 valence electrons. The summed E-state index contributed by atoms with van der Waals surface area (Å²) in [6.45, 7) is 2.07. The van der Waals surface area contributed by atoms with Gasteiger partial charge in [-0.15, -0.1) is 12.4 Å². The average Bonchev–Trinajstić information content (AvgIpc) is 2.99. The van der Waals surface area contributed by atoms with Crippen LogP contribution in [0, 0.1) is 6.92 Å². The van der Waals surface area contributed by atoms with Crippen LogP contribution in [0.3, 0.4) is 0 Å². The number of pyridine rings is 1. The van der Waals surface area contributed by atoms with E-state index in [0.717, 1.165) is 33.8 Å². The highest BCUT2D eigenvalue weighted by molar-refractivity contribution is 5.85. The van der Waals surface area contributed by atoms with Gasteiger partial charge in [-0.25, -0.2) is 9.97 Å². The summed E-state index contributed by atoms with van der Waals surface area (Å²) in [6.07, 6.45) is 5.95. The van der Waals surface area contributed by atoms with Gasteiger partial charge >= 0.3 is 0 Å². The van der Waals surface area contributed by atoms with E-state index in [9.17, 15) is 0 Å². The summed E-state index contributed by atoms with van der Waals surface area (Å²) in [4.78, 5) is 9.36. The van der Waals surface area contributed by atoms with E-state index in [1.54, 1.807) is 0 Å². The van der Waals surface area contributed by atoms with Crippen molar-refractivity contribution in [3.63, 3.8) is 0 Å². The molecule has 25 heavy (non-hydrogen) atoms. The van der Waals surface area contributed by atoms with E-state index >= 15 is 0 Å². The maximum absolute atomic E-state index is 4.78. The van der Waals surface area contributed by atoms with Crippen LogP contribution in [0.1, 0.15) is 17.0 Å².